The number of fused-ring (bicyclic) bond motifs is 1. The average molecular weight is 589 g/mol. The first-order valence-electron chi connectivity index (χ1n) is 11.8. The normalized spacial score (nSPS) is 15.5. The van der Waals surface area contributed by atoms with Gasteiger partial charge in [-0.05, 0) is 85.1 Å². The summed E-state index contributed by atoms with van der Waals surface area (Å²) in [5.74, 6) is 0.625. The summed E-state index contributed by atoms with van der Waals surface area (Å²) in [7, 11) is 0. The molecule has 0 saturated carbocycles. The molecule has 0 aliphatic carbocycles. The van der Waals surface area contributed by atoms with Crippen molar-refractivity contribution >= 4 is 50.9 Å². The molecule has 1 aliphatic heterocycles. The number of amides is 1. The van der Waals surface area contributed by atoms with E-state index in [4.69, 9.17) is 21.3 Å². The number of nitrogens with zero attached hydrogens (tertiary/aromatic N) is 3. The molecule has 2 aromatic carbocycles. The average Bonchev–Trinajstić information content (AvgIpc) is 3.15. The van der Waals surface area contributed by atoms with Crippen LogP contribution in [0.1, 0.15) is 44.9 Å². The van der Waals surface area contributed by atoms with Crippen LogP contribution >= 0.6 is 38.9 Å². The SMILES string of the molecule is CCOc1ccc(/C=c2/sc3n(c2=O)[C@H](c2ccc(Cl)cc2)C(C(=O)N(CC)CC)=C(C)N=3)cc1Br. The number of carbonyl (C=O) groups excluding carboxylic acids is 1. The minimum absolute atomic E-state index is 0.120. The van der Waals surface area contributed by atoms with E-state index in [0.717, 1.165) is 21.3 Å². The van der Waals surface area contributed by atoms with Crippen molar-refractivity contribution in [2.75, 3.05) is 19.7 Å². The Labute approximate surface area is 227 Å². The van der Waals surface area contributed by atoms with Crippen molar-refractivity contribution < 1.29 is 9.53 Å². The van der Waals surface area contributed by atoms with E-state index in [0.29, 0.717) is 45.3 Å². The third kappa shape index (κ3) is 5.08. The number of ether oxygens (including phenoxy) is 1. The third-order valence-corrected chi connectivity index (χ3v) is 7.90. The van der Waals surface area contributed by atoms with Crippen molar-refractivity contribution in [2.24, 2.45) is 4.99 Å². The molecule has 6 nitrogen and oxygen atoms in total. The molecule has 0 fully saturated rings. The van der Waals surface area contributed by atoms with Crippen LogP contribution in [0.15, 0.2) is 68.0 Å². The van der Waals surface area contributed by atoms with E-state index in [-0.39, 0.29) is 11.5 Å². The summed E-state index contributed by atoms with van der Waals surface area (Å²) in [6, 6.07) is 12.4. The fourth-order valence-electron chi connectivity index (χ4n) is 4.27. The molecule has 1 aromatic heterocycles. The highest BCUT2D eigenvalue weighted by Gasteiger charge is 2.34. The van der Waals surface area contributed by atoms with Crippen LogP contribution in [0.2, 0.25) is 5.02 Å². The molecule has 36 heavy (non-hydrogen) atoms. The van der Waals surface area contributed by atoms with Gasteiger partial charge in [-0.25, -0.2) is 4.99 Å². The fourth-order valence-corrected chi connectivity index (χ4v) is 5.95. The molecule has 0 spiro atoms. The molecule has 0 unspecified atom stereocenters. The van der Waals surface area contributed by atoms with E-state index < -0.39 is 6.04 Å². The van der Waals surface area contributed by atoms with Gasteiger partial charge < -0.3 is 9.64 Å². The Balaban J connectivity index is 1.91. The Morgan fingerprint density at radius 1 is 1.19 bits per heavy atom. The Morgan fingerprint density at radius 2 is 1.89 bits per heavy atom. The quantitative estimate of drug-likeness (QED) is 0.394. The summed E-state index contributed by atoms with van der Waals surface area (Å²) in [5.41, 5.74) is 2.59. The number of aromatic nitrogens is 1. The lowest BCUT2D eigenvalue weighted by molar-refractivity contribution is -0.127. The van der Waals surface area contributed by atoms with Crippen LogP contribution in [0.5, 0.6) is 5.75 Å². The van der Waals surface area contributed by atoms with Gasteiger partial charge in [0.2, 0.25) is 0 Å². The van der Waals surface area contributed by atoms with Crippen molar-refractivity contribution in [1.82, 2.24) is 9.47 Å². The molecule has 3 aromatic rings. The zero-order chi connectivity index (χ0) is 26.0. The molecule has 0 bridgehead atoms. The Kier molecular flexibility index (Phi) is 8.17. The van der Waals surface area contributed by atoms with Gasteiger partial charge in [-0.2, -0.15) is 0 Å². The van der Waals surface area contributed by atoms with E-state index >= 15 is 0 Å². The second kappa shape index (κ2) is 11.2. The highest BCUT2D eigenvalue weighted by molar-refractivity contribution is 9.10. The lowest BCUT2D eigenvalue weighted by Gasteiger charge is -2.29. The smallest absolute Gasteiger partial charge is 0.271 e. The van der Waals surface area contributed by atoms with Crippen molar-refractivity contribution in [2.45, 2.75) is 33.7 Å². The second-order valence-electron chi connectivity index (χ2n) is 8.23. The predicted molar refractivity (Wildman–Crippen MR) is 148 cm³/mol. The lowest BCUT2D eigenvalue weighted by atomic mass is 9.94. The first-order valence-corrected chi connectivity index (χ1v) is 13.8. The van der Waals surface area contributed by atoms with E-state index in [1.807, 2.05) is 64.1 Å². The number of benzene rings is 2. The summed E-state index contributed by atoms with van der Waals surface area (Å²) in [6.07, 6.45) is 1.84. The Hall–Kier alpha value is -2.68. The van der Waals surface area contributed by atoms with Crippen molar-refractivity contribution in [3.8, 4) is 5.75 Å². The maximum absolute atomic E-state index is 13.8. The molecule has 4 rings (SSSR count). The number of thiazole rings is 1. The first-order chi connectivity index (χ1) is 17.3. The van der Waals surface area contributed by atoms with Crippen LogP contribution in [-0.4, -0.2) is 35.1 Å². The van der Waals surface area contributed by atoms with E-state index in [2.05, 4.69) is 15.9 Å². The number of rotatable bonds is 7. The molecule has 9 heteroatoms. The molecule has 0 N–H and O–H groups in total. The third-order valence-electron chi connectivity index (χ3n) is 6.04. The fraction of sp³-hybridized carbons (Fsp3) is 0.296. The van der Waals surface area contributed by atoms with Gasteiger partial charge in [0.05, 0.1) is 32.9 Å². The number of carbonyl (C=O) groups is 1. The maximum Gasteiger partial charge on any atom is 0.271 e. The van der Waals surface area contributed by atoms with Gasteiger partial charge in [0.15, 0.2) is 4.80 Å². The van der Waals surface area contributed by atoms with Gasteiger partial charge in [-0.3, -0.25) is 14.2 Å². The lowest BCUT2D eigenvalue weighted by Crippen LogP contribution is -2.43. The van der Waals surface area contributed by atoms with Crippen LogP contribution < -0.4 is 19.6 Å². The van der Waals surface area contributed by atoms with Gasteiger partial charge in [0.25, 0.3) is 11.5 Å². The minimum atomic E-state index is -0.596. The van der Waals surface area contributed by atoms with Crippen molar-refractivity contribution in [3.05, 3.63) is 94.0 Å². The molecular formula is C27H27BrClN3O3S. The molecule has 2 heterocycles. The van der Waals surface area contributed by atoms with Crippen LogP contribution in [0, 0.1) is 0 Å². The summed E-state index contributed by atoms with van der Waals surface area (Å²) in [6.45, 7) is 9.35. The number of halogens is 2. The Morgan fingerprint density at radius 3 is 2.50 bits per heavy atom. The van der Waals surface area contributed by atoms with Crippen LogP contribution in [-0.2, 0) is 4.79 Å². The molecule has 1 aliphatic rings. The summed E-state index contributed by atoms with van der Waals surface area (Å²) < 4.78 is 8.58. The van der Waals surface area contributed by atoms with Crippen molar-refractivity contribution in [3.63, 3.8) is 0 Å². The van der Waals surface area contributed by atoms with Gasteiger partial charge >= 0.3 is 0 Å². The van der Waals surface area contributed by atoms with Gasteiger partial charge in [0, 0.05) is 18.1 Å². The number of likely N-dealkylation sites (N-methyl/N-ethyl adjacent to an activating group) is 1. The van der Waals surface area contributed by atoms with Gasteiger partial charge in [0.1, 0.15) is 5.75 Å². The van der Waals surface area contributed by atoms with E-state index in [1.165, 1.54) is 11.3 Å². The molecule has 188 valence electrons. The summed E-state index contributed by atoms with van der Waals surface area (Å²) >= 11 is 11.0. The number of allylic oxidation sites excluding steroid dienone is 1. The predicted octanol–water partition coefficient (Wildman–Crippen LogP) is 4.92. The highest BCUT2D eigenvalue weighted by atomic mass is 79.9. The molecule has 0 saturated heterocycles. The first kappa shape index (κ1) is 26.4. The largest absolute Gasteiger partial charge is 0.493 e. The molecule has 1 amide bonds. The second-order valence-corrected chi connectivity index (χ2v) is 10.5. The summed E-state index contributed by atoms with van der Waals surface area (Å²) in [4.78, 5) is 34.4. The Bertz CT molecular complexity index is 1500. The van der Waals surface area contributed by atoms with Crippen LogP contribution in [0.3, 0.4) is 0 Å². The minimum Gasteiger partial charge on any atom is -0.493 e. The van der Waals surface area contributed by atoms with E-state index in [1.54, 1.807) is 21.6 Å². The highest BCUT2D eigenvalue weighted by Crippen LogP contribution is 2.32. The number of hydrogen-bond donors (Lipinski definition) is 0. The molecular weight excluding hydrogens is 562 g/mol. The van der Waals surface area contributed by atoms with Gasteiger partial charge in [-0.1, -0.05) is 41.1 Å². The van der Waals surface area contributed by atoms with Crippen LogP contribution in [0.4, 0.5) is 0 Å². The maximum atomic E-state index is 13.8. The monoisotopic (exact) mass is 587 g/mol. The van der Waals surface area contributed by atoms with Gasteiger partial charge in [-0.15, -0.1) is 0 Å². The number of hydrogen-bond acceptors (Lipinski definition) is 5. The molecule has 0 radical (unpaired) electrons. The molecule has 1 atom stereocenters. The standard InChI is InChI=1S/C27H27BrClN3O3S/c1-5-31(6-2)26(34)23-16(4)30-27-32(24(23)18-9-11-19(29)12-10-18)25(33)22(36-27)15-17-8-13-21(35-7-3)20(28)14-17/h8-15,24H,5-7H2,1-4H3/b22-15+/t24-/m1/s1. The topological polar surface area (TPSA) is 63.9 Å². The van der Waals surface area contributed by atoms with Crippen LogP contribution in [0.25, 0.3) is 6.08 Å². The van der Waals surface area contributed by atoms with E-state index in [9.17, 15) is 9.59 Å². The zero-order valence-corrected chi connectivity index (χ0v) is 23.7. The van der Waals surface area contributed by atoms with Crippen molar-refractivity contribution in [1.29, 1.82) is 0 Å². The zero-order valence-electron chi connectivity index (χ0n) is 20.5. The summed E-state index contributed by atoms with van der Waals surface area (Å²) in [5, 5.41) is 0.588.